The minimum Gasteiger partial charge on any atom is -0.505 e. The number of esters is 1. The van der Waals surface area contributed by atoms with Gasteiger partial charge in [0.05, 0.1) is 0 Å². The number of carbonyl (C=O) groups excluding carboxylic acids is 1. The predicted octanol–water partition coefficient (Wildman–Crippen LogP) is 3.61. The summed E-state index contributed by atoms with van der Waals surface area (Å²) in [7, 11) is 0. The largest absolute Gasteiger partial charge is 0.505 e. The van der Waals surface area contributed by atoms with Gasteiger partial charge in [-0.1, -0.05) is 18.7 Å². The molecule has 1 N–H and O–H groups in total. The fraction of sp³-hybridized carbons (Fsp3) is 0.211. The van der Waals surface area contributed by atoms with Crippen molar-refractivity contribution < 1.29 is 14.6 Å². The Morgan fingerprint density at radius 3 is 2.40 bits per heavy atom. The molecule has 6 nitrogen and oxygen atoms in total. The molecule has 0 aliphatic rings. The van der Waals surface area contributed by atoms with Gasteiger partial charge in [0.15, 0.2) is 0 Å². The van der Waals surface area contributed by atoms with E-state index in [-0.39, 0.29) is 5.75 Å². The van der Waals surface area contributed by atoms with Crippen molar-refractivity contribution >= 4 is 17.0 Å². The molecule has 0 spiro atoms. The molecule has 128 valence electrons. The van der Waals surface area contributed by atoms with E-state index in [4.69, 9.17) is 4.74 Å². The van der Waals surface area contributed by atoms with Crippen LogP contribution < -0.4 is 0 Å². The van der Waals surface area contributed by atoms with Gasteiger partial charge in [-0.3, -0.25) is 0 Å². The molecule has 0 radical (unpaired) electrons. The third kappa shape index (κ3) is 3.24. The van der Waals surface area contributed by atoms with Gasteiger partial charge in [0.25, 0.3) is 0 Å². The Labute approximate surface area is 145 Å². The third-order valence-electron chi connectivity index (χ3n) is 3.91. The van der Waals surface area contributed by atoms with Gasteiger partial charge in [-0.25, -0.2) is 4.79 Å². The van der Waals surface area contributed by atoms with Crippen LogP contribution in [0.15, 0.2) is 48.6 Å². The Kier molecular flexibility index (Phi) is 4.27. The van der Waals surface area contributed by atoms with E-state index in [0.29, 0.717) is 16.8 Å². The number of phenolic OH excluding ortho intramolecular Hbond substituents is 1. The van der Waals surface area contributed by atoms with Gasteiger partial charge < -0.3 is 9.84 Å². The average Bonchev–Trinajstić information content (AvgIpc) is 3.00. The predicted molar refractivity (Wildman–Crippen MR) is 94.6 cm³/mol. The number of phenols is 1. The number of aryl methyl sites for hydroxylation is 1. The van der Waals surface area contributed by atoms with E-state index >= 15 is 0 Å². The van der Waals surface area contributed by atoms with E-state index in [2.05, 4.69) is 16.8 Å². The highest BCUT2D eigenvalue weighted by Crippen LogP contribution is 2.31. The molecule has 1 aromatic heterocycles. The fourth-order valence-corrected chi connectivity index (χ4v) is 2.47. The minimum atomic E-state index is -0.493. The van der Waals surface area contributed by atoms with Gasteiger partial charge in [-0.15, -0.1) is 15.0 Å². The van der Waals surface area contributed by atoms with Crippen LogP contribution in [0.3, 0.4) is 0 Å². The Hall–Kier alpha value is -3.15. The second-order valence-corrected chi connectivity index (χ2v) is 6.01. The molecule has 6 heteroatoms. The number of carbonyl (C=O) groups is 1. The molecule has 0 fully saturated rings. The zero-order chi connectivity index (χ0) is 18.1. The first kappa shape index (κ1) is 16.7. The topological polar surface area (TPSA) is 77.2 Å². The van der Waals surface area contributed by atoms with Gasteiger partial charge in [0.1, 0.15) is 28.6 Å². The van der Waals surface area contributed by atoms with Crippen molar-refractivity contribution in [1.82, 2.24) is 15.0 Å². The molecule has 3 rings (SSSR count). The lowest BCUT2D eigenvalue weighted by molar-refractivity contribution is -0.143. The fourth-order valence-electron chi connectivity index (χ4n) is 2.47. The standard InChI is InChI=1S/C19H19N3O3/c1-11(2)19(24)25-13(4)14-9-12(3)18(23)17(10-14)22-20-15-7-5-6-8-16(15)21-22/h5-10,13,23H,1H2,2-4H3. The van der Waals surface area contributed by atoms with Crippen molar-refractivity contribution in [3.8, 4) is 11.4 Å². The van der Waals surface area contributed by atoms with Crippen molar-refractivity contribution in [3.63, 3.8) is 0 Å². The van der Waals surface area contributed by atoms with Crippen LogP contribution in [0.4, 0.5) is 0 Å². The number of aromatic nitrogens is 3. The smallest absolute Gasteiger partial charge is 0.333 e. The molecule has 1 unspecified atom stereocenters. The molecule has 0 aliphatic heterocycles. The summed E-state index contributed by atoms with van der Waals surface area (Å²) in [5.74, 6) is -0.370. The number of hydrogen-bond donors (Lipinski definition) is 1. The van der Waals surface area contributed by atoms with Gasteiger partial charge in [-0.05, 0) is 56.2 Å². The summed E-state index contributed by atoms with van der Waals surface area (Å²) in [6, 6.07) is 11.0. The van der Waals surface area contributed by atoms with Crippen LogP contribution in [-0.2, 0) is 9.53 Å². The lowest BCUT2D eigenvalue weighted by Gasteiger charge is -2.16. The SMILES string of the molecule is C=C(C)C(=O)OC(C)c1cc(C)c(O)c(-n2nc3ccccc3n2)c1. The number of rotatable bonds is 4. The maximum absolute atomic E-state index is 11.7. The Morgan fingerprint density at radius 2 is 1.84 bits per heavy atom. The summed E-state index contributed by atoms with van der Waals surface area (Å²) in [5, 5.41) is 19.2. The Bertz CT molecular complexity index is 942. The molecule has 1 heterocycles. The maximum Gasteiger partial charge on any atom is 0.333 e. The Balaban J connectivity index is 2.03. The van der Waals surface area contributed by atoms with Crippen molar-refractivity contribution in [1.29, 1.82) is 0 Å². The Morgan fingerprint density at radius 1 is 1.24 bits per heavy atom. The van der Waals surface area contributed by atoms with Crippen LogP contribution in [0.5, 0.6) is 5.75 Å². The second kappa shape index (κ2) is 6.39. The van der Waals surface area contributed by atoms with Crippen LogP contribution >= 0.6 is 0 Å². The van der Waals surface area contributed by atoms with Crippen LogP contribution in [0.1, 0.15) is 31.1 Å². The summed E-state index contributed by atoms with van der Waals surface area (Å²) >= 11 is 0. The lowest BCUT2D eigenvalue weighted by Crippen LogP contribution is -2.10. The van der Waals surface area contributed by atoms with Gasteiger partial charge in [-0.2, -0.15) is 0 Å². The minimum absolute atomic E-state index is 0.0856. The molecule has 3 aromatic rings. The summed E-state index contributed by atoms with van der Waals surface area (Å²) in [5.41, 5.74) is 3.61. The lowest BCUT2D eigenvalue weighted by atomic mass is 10.0. The monoisotopic (exact) mass is 337 g/mol. The van der Waals surface area contributed by atoms with E-state index in [9.17, 15) is 9.90 Å². The van der Waals surface area contributed by atoms with E-state index in [1.165, 1.54) is 4.80 Å². The zero-order valence-corrected chi connectivity index (χ0v) is 14.4. The highest BCUT2D eigenvalue weighted by atomic mass is 16.5. The molecule has 0 saturated carbocycles. The first-order valence-electron chi connectivity index (χ1n) is 7.89. The van der Waals surface area contributed by atoms with Crippen LogP contribution in [0.25, 0.3) is 16.7 Å². The van der Waals surface area contributed by atoms with Crippen molar-refractivity contribution in [2.24, 2.45) is 0 Å². The first-order valence-corrected chi connectivity index (χ1v) is 7.89. The number of aromatic hydroxyl groups is 1. The van der Waals surface area contributed by atoms with Crippen molar-refractivity contribution in [2.75, 3.05) is 0 Å². The molecule has 0 saturated heterocycles. The van der Waals surface area contributed by atoms with E-state index in [1.807, 2.05) is 24.3 Å². The van der Waals surface area contributed by atoms with Crippen molar-refractivity contribution in [3.05, 3.63) is 59.7 Å². The van der Waals surface area contributed by atoms with Crippen molar-refractivity contribution in [2.45, 2.75) is 26.9 Å². The van der Waals surface area contributed by atoms with Crippen LogP contribution in [0, 0.1) is 6.92 Å². The normalized spacial score (nSPS) is 12.1. The summed E-state index contributed by atoms with van der Waals surface area (Å²) < 4.78 is 5.37. The second-order valence-electron chi connectivity index (χ2n) is 6.01. The number of hydrogen-bond acceptors (Lipinski definition) is 5. The maximum atomic E-state index is 11.7. The molecular weight excluding hydrogens is 318 g/mol. The number of ether oxygens (including phenoxy) is 1. The molecular formula is C19H19N3O3. The number of nitrogens with zero attached hydrogens (tertiary/aromatic N) is 3. The molecule has 2 aromatic carbocycles. The zero-order valence-electron chi connectivity index (χ0n) is 14.4. The van der Waals surface area contributed by atoms with Crippen LogP contribution in [0.2, 0.25) is 0 Å². The van der Waals surface area contributed by atoms with Gasteiger partial charge in [0, 0.05) is 5.57 Å². The number of benzene rings is 2. The van der Waals surface area contributed by atoms with E-state index < -0.39 is 12.1 Å². The van der Waals surface area contributed by atoms with Crippen LogP contribution in [-0.4, -0.2) is 26.1 Å². The van der Waals surface area contributed by atoms with Gasteiger partial charge >= 0.3 is 5.97 Å². The summed E-state index contributed by atoms with van der Waals surface area (Å²) in [4.78, 5) is 13.1. The van der Waals surface area contributed by atoms with E-state index in [0.717, 1.165) is 16.6 Å². The molecule has 0 amide bonds. The molecule has 0 bridgehead atoms. The molecule has 0 aliphatic carbocycles. The summed E-state index contributed by atoms with van der Waals surface area (Å²) in [6.07, 6.45) is -0.493. The number of fused-ring (bicyclic) bond motifs is 1. The molecule has 25 heavy (non-hydrogen) atoms. The molecule has 1 atom stereocenters. The summed E-state index contributed by atoms with van der Waals surface area (Å²) in [6.45, 7) is 8.73. The quantitative estimate of drug-likeness (QED) is 0.581. The highest BCUT2D eigenvalue weighted by Gasteiger charge is 2.18. The van der Waals surface area contributed by atoms with E-state index in [1.54, 1.807) is 32.9 Å². The third-order valence-corrected chi connectivity index (χ3v) is 3.91. The van der Waals surface area contributed by atoms with Gasteiger partial charge in [0.2, 0.25) is 0 Å². The average molecular weight is 337 g/mol. The highest BCUT2D eigenvalue weighted by molar-refractivity contribution is 5.87. The first-order chi connectivity index (χ1) is 11.9.